The van der Waals surface area contributed by atoms with Crippen molar-refractivity contribution in [2.45, 2.75) is 18.6 Å². The van der Waals surface area contributed by atoms with Crippen LogP contribution in [0.5, 0.6) is 0 Å². The molecule has 2 heterocycles. The Hall–Kier alpha value is -2.21. The van der Waals surface area contributed by atoms with Gasteiger partial charge in [0, 0.05) is 41.5 Å². The zero-order chi connectivity index (χ0) is 16.9. The molecule has 126 valence electrons. The molecule has 0 aliphatic carbocycles. The topological polar surface area (TPSA) is 62.3 Å². The summed E-state index contributed by atoms with van der Waals surface area (Å²) < 4.78 is 11.3. The second kappa shape index (κ2) is 7.57. The van der Waals surface area contributed by atoms with E-state index in [-0.39, 0.29) is 5.91 Å². The van der Waals surface area contributed by atoms with Crippen LogP contribution in [-0.2, 0) is 16.6 Å². The highest BCUT2D eigenvalue weighted by molar-refractivity contribution is 7.83. The molecule has 1 amide bonds. The Morgan fingerprint density at radius 2 is 2.04 bits per heavy atom. The molecular weight excluding hydrogens is 322 g/mol. The average Bonchev–Trinajstić information content (AvgIpc) is 3.09. The molecule has 1 saturated heterocycles. The first-order chi connectivity index (χ1) is 11.6. The van der Waals surface area contributed by atoms with Crippen molar-refractivity contribution in [2.75, 3.05) is 29.6 Å². The second-order valence-corrected chi connectivity index (χ2v) is 7.41. The van der Waals surface area contributed by atoms with Crippen molar-refractivity contribution in [3.05, 3.63) is 53.7 Å². The van der Waals surface area contributed by atoms with Crippen molar-refractivity contribution in [1.82, 2.24) is 4.98 Å². The summed E-state index contributed by atoms with van der Waals surface area (Å²) in [7, 11) is -0.926. The van der Waals surface area contributed by atoms with Gasteiger partial charge >= 0.3 is 0 Å². The predicted octanol–water partition coefficient (Wildman–Crippen LogP) is 2.81. The molecule has 1 aliphatic rings. The van der Waals surface area contributed by atoms with E-state index in [1.165, 1.54) is 12.8 Å². The minimum Gasteiger partial charge on any atom is -0.357 e. The summed E-state index contributed by atoms with van der Waals surface area (Å²) >= 11 is 0. The maximum Gasteiger partial charge on any atom is 0.255 e. The quantitative estimate of drug-likeness (QED) is 0.907. The molecule has 1 aliphatic heterocycles. The minimum atomic E-state index is -0.926. The summed E-state index contributed by atoms with van der Waals surface area (Å²) in [5, 5.41) is 2.86. The van der Waals surface area contributed by atoms with Gasteiger partial charge in [0.05, 0.1) is 11.9 Å². The molecule has 0 bridgehead atoms. The fourth-order valence-corrected chi connectivity index (χ4v) is 3.48. The average molecular weight is 343 g/mol. The molecule has 1 atom stereocenters. The Morgan fingerprint density at radius 3 is 2.71 bits per heavy atom. The number of nitrogens with zero attached hydrogens (tertiary/aromatic N) is 2. The highest BCUT2D eigenvalue weighted by Crippen LogP contribution is 2.19. The van der Waals surface area contributed by atoms with Crippen LogP contribution in [-0.4, -0.2) is 34.4 Å². The van der Waals surface area contributed by atoms with E-state index in [1.54, 1.807) is 24.6 Å². The summed E-state index contributed by atoms with van der Waals surface area (Å²) in [5.41, 5.74) is 2.12. The maximum atomic E-state index is 12.4. The maximum absolute atomic E-state index is 12.4. The van der Waals surface area contributed by atoms with E-state index >= 15 is 0 Å². The second-order valence-electron chi connectivity index (χ2n) is 5.97. The number of anilines is 2. The molecule has 0 saturated carbocycles. The number of carbonyl (C=O) groups is 1. The van der Waals surface area contributed by atoms with Gasteiger partial charge in [-0.25, -0.2) is 4.98 Å². The summed E-state index contributed by atoms with van der Waals surface area (Å²) in [4.78, 5) is 19.1. The van der Waals surface area contributed by atoms with Crippen molar-refractivity contribution in [1.29, 1.82) is 0 Å². The summed E-state index contributed by atoms with van der Waals surface area (Å²) in [6.45, 7) is 2.09. The lowest BCUT2D eigenvalue weighted by atomic mass is 10.1. The smallest absolute Gasteiger partial charge is 0.255 e. The zero-order valence-corrected chi connectivity index (χ0v) is 14.5. The van der Waals surface area contributed by atoms with E-state index in [2.05, 4.69) is 15.2 Å². The Balaban J connectivity index is 1.67. The minimum absolute atomic E-state index is 0.186. The molecule has 5 nitrogen and oxygen atoms in total. The highest BCUT2D eigenvalue weighted by atomic mass is 32.2. The Kier molecular flexibility index (Phi) is 5.25. The van der Waals surface area contributed by atoms with E-state index in [0.717, 1.165) is 24.5 Å². The van der Waals surface area contributed by atoms with E-state index < -0.39 is 10.8 Å². The lowest BCUT2D eigenvalue weighted by Crippen LogP contribution is -2.19. The third-order valence-corrected chi connectivity index (χ3v) is 4.73. The van der Waals surface area contributed by atoms with Gasteiger partial charge in [0.25, 0.3) is 5.91 Å². The number of pyridine rings is 1. The van der Waals surface area contributed by atoms with Crippen LogP contribution in [0.4, 0.5) is 11.5 Å². The van der Waals surface area contributed by atoms with Crippen LogP contribution in [0.2, 0.25) is 0 Å². The molecule has 1 fully saturated rings. The van der Waals surface area contributed by atoms with Crippen LogP contribution in [0.1, 0.15) is 28.8 Å². The van der Waals surface area contributed by atoms with Gasteiger partial charge in [-0.1, -0.05) is 12.1 Å². The number of benzene rings is 1. The molecule has 3 rings (SSSR count). The van der Waals surface area contributed by atoms with E-state index in [0.29, 0.717) is 17.0 Å². The Morgan fingerprint density at radius 1 is 1.25 bits per heavy atom. The van der Waals surface area contributed by atoms with Crippen LogP contribution < -0.4 is 10.2 Å². The van der Waals surface area contributed by atoms with Gasteiger partial charge in [0.15, 0.2) is 0 Å². The first-order valence-electron chi connectivity index (χ1n) is 8.03. The lowest BCUT2D eigenvalue weighted by Gasteiger charge is -2.16. The van der Waals surface area contributed by atoms with Gasteiger partial charge in [-0.05, 0) is 42.7 Å². The van der Waals surface area contributed by atoms with Gasteiger partial charge in [-0.2, -0.15) is 0 Å². The van der Waals surface area contributed by atoms with Crippen molar-refractivity contribution in [3.8, 4) is 0 Å². The molecule has 1 aromatic heterocycles. The fourth-order valence-electron chi connectivity index (χ4n) is 2.83. The van der Waals surface area contributed by atoms with Crippen molar-refractivity contribution in [3.63, 3.8) is 0 Å². The van der Waals surface area contributed by atoms with Gasteiger partial charge in [-0.15, -0.1) is 0 Å². The van der Waals surface area contributed by atoms with E-state index in [4.69, 9.17) is 0 Å². The SMILES string of the molecule is CS(=O)Cc1cccc(C(=O)Nc2ccc(N3CCCC3)nc2)c1. The number of nitrogens with one attached hydrogen (secondary N) is 1. The first-order valence-corrected chi connectivity index (χ1v) is 9.76. The molecule has 1 N–H and O–H groups in total. The van der Waals surface area contributed by atoms with E-state index in [9.17, 15) is 9.00 Å². The van der Waals surface area contributed by atoms with Crippen molar-refractivity contribution in [2.24, 2.45) is 0 Å². The molecule has 24 heavy (non-hydrogen) atoms. The van der Waals surface area contributed by atoms with Crippen LogP contribution in [0, 0.1) is 0 Å². The lowest BCUT2D eigenvalue weighted by molar-refractivity contribution is 0.102. The number of hydrogen-bond donors (Lipinski definition) is 1. The van der Waals surface area contributed by atoms with Crippen LogP contribution >= 0.6 is 0 Å². The molecule has 2 aromatic rings. The van der Waals surface area contributed by atoms with Crippen LogP contribution in [0.3, 0.4) is 0 Å². The number of aromatic nitrogens is 1. The standard InChI is InChI=1S/C18H21N3O2S/c1-24(23)13-14-5-4-6-15(11-14)18(22)20-16-7-8-17(19-12-16)21-9-2-3-10-21/h4-8,11-12H,2-3,9-10,13H2,1H3,(H,20,22). The van der Waals surface area contributed by atoms with E-state index in [1.807, 2.05) is 24.3 Å². The molecular formula is C18H21N3O2S. The molecule has 0 radical (unpaired) electrons. The predicted molar refractivity (Wildman–Crippen MR) is 97.8 cm³/mol. The zero-order valence-electron chi connectivity index (χ0n) is 13.7. The van der Waals surface area contributed by atoms with Gasteiger partial charge < -0.3 is 10.2 Å². The molecule has 1 unspecified atom stereocenters. The first kappa shape index (κ1) is 16.6. The summed E-state index contributed by atoms with van der Waals surface area (Å²) in [6, 6.07) is 11.0. The van der Waals surface area contributed by atoms with Crippen molar-refractivity contribution >= 4 is 28.2 Å². The molecule has 0 spiro atoms. The van der Waals surface area contributed by atoms with Gasteiger partial charge in [0.2, 0.25) is 0 Å². The van der Waals surface area contributed by atoms with Crippen molar-refractivity contribution < 1.29 is 9.00 Å². The number of rotatable bonds is 5. The number of amides is 1. The third kappa shape index (κ3) is 4.20. The molecule has 1 aromatic carbocycles. The summed E-state index contributed by atoms with van der Waals surface area (Å²) in [5.74, 6) is 1.22. The largest absolute Gasteiger partial charge is 0.357 e. The summed E-state index contributed by atoms with van der Waals surface area (Å²) in [6.07, 6.45) is 5.76. The van der Waals surface area contributed by atoms with Crippen LogP contribution in [0.25, 0.3) is 0 Å². The number of hydrogen-bond acceptors (Lipinski definition) is 4. The number of carbonyl (C=O) groups excluding carboxylic acids is 1. The van der Waals surface area contributed by atoms with Gasteiger partial charge in [-0.3, -0.25) is 9.00 Å². The third-order valence-electron chi connectivity index (χ3n) is 3.99. The highest BCUT2D eigenvalue weighted by Gasteiger charge is 2.13. The monoisotopic (exact) mass is 343 g/mol. The fraction of sp³-hybridized carbons (Fsp3) is 0.333. The Bertz CT molecular complexity index is 740. The normalized spacial score (nSPS) is 15.3. The Labute approximate surface area is 144 Å². The molecule has 6 heteroatoms. The van der Waals surface area contributed by atoms with Gasteiger partial charge in [0.1, 0.15) is 5.82 Å². The van der Waals surface area contributed by atoms with Crippen LogP contribution in [0.15, 0.2) is 42.6 Å².